The third-order valence-corrected chi connectivity index (χ3v) is 4.80. The molecule has 136 valence electrons. The summed E-state index contributed by atoms with van der Waals surface area (Å²) in [5.41, 5.74) is 1.91. The maximum Gasteiger partial charge on any atom is 0.175 e. The molecule has 1 N–H and O–H groups in total. The van der Waals surface area contributed by atoms with Crippen molar-refractivity contribution >= 4 is 21.3 Å². The van der Waals surface area contributed by atoms with E-state index in [0.29, 0.717) is 5.82 Å². The molecule has 2 rings (SSSR count). The Morgan fingerprint density at radius 1 is 1.32 bits per heavy atom. The van der Waals surface area contributed by atoms with Crippen LogP contribution in [0.15, 0.2) is 29.3 Å². The van der Waals surface area contributed by atoms with Crippen molar-refractivity contribution in [3.63, 3.8) is 0 Å². The molecule has 0 radical (unpaired) electrons. The minimum Gasteiger partial charge on any atom is -0.490 e. The van der Waals surface area contributed by atoms with Gasteiger partial charge in [0.25, 0.3) is 0 Å². The first kappa shape index (κ1) is 19.2. The number of nitrogens with one attached hydrogen (secondary N) is 1. The van der Waals surface area contributed by atoms with Gasteiger partial charge >= 0.3 is 0 Å². The maximum atomic E-state index is 14.3. The summed E-state index contributed by atoms with van der Waals surface area (Å²) in [7, 11) is -3.46. The Morgan fingerprint density at radius 2 is 2.00 bits per heavy atom. The largest absolute Gasteiger partial charge is 0.490 e. The van der Waals surface area contributed by atoms with E-state index in [2.05, 4.69) is 10.3 Å². The molecule has 1 aromatic heterocycles. The van der Waals surface area contributed by atoms with Gasteiger partial charge in [-0.2, -0.15) is 0 Å². The SMILES string of the molecule is CCc1cnc(Nc2ccc(S(C)(=O)=O)cc2F)c(C)c1OC(C)C. The van der Waals surface area contributed by atoms with E-state index in [1.54, 1.807) is 6.20 Å². The van der Waals surface area contributed by atoms with Gasteiger partial charge in [-0.1, -0.05) is 6.92 Å². The van der Waals surface area contributed by atoms with E-state index in [0.717, 1.165) is 35.6 Å². The topological polar surface area (TPSA) is 68.3 Å². The van der Waals surface area contributed by atoms with Crippen LogP contribution in [-0.4, -0.2) is 25.8 Å². The Kier molecular flexibility index (Phi) is 5.67. The lowest BCUT2D eigenvalue weighted by atomic mass is 10.1. The van der Waals surface area contributed by atoms with Crippen LogP contribution in [0.25, 0.3) is 0 Å². The highest BCUT2D eigenvalue weighted by Crippen LogP contribution is 2.32. The van der Waals surface area contributed by atoms with Crippen molar-refractivity contribution in [1.82, 2.24) is 4.98 Å². The highest BCUT2D eigenvalue weighted by molar-refractivity contribution is 7.90. The summed E-state index contributed by atoms with van der Waals surface area (Å²) < 4.78 is 43.2. The minimum atomic E-state index is -3.46. The van der Waals surface area contributed by atoms with Crippen LogP contribution in [0.1, 0.15) is 31.9 Å². The normalized spacial score (nSPS) is 11.6. The monoisotopic (exact) mass is 366 g/mol. The van der Waals surface area contributed by atoms with Crippen LogP contribution >= 0.6 is 0 Å². The van der Waals surface area contributed by atoms with E-state index >= 15 is 0 Å². The number of halogens is 1. The number of aromatic nitrogens is 1. The van der Waals surface area contributed by atoms with Crippen molar-refractivity contribution < 1.29 is 17.5 Å². The average Bonchev–Trinajstić information content (AvgIpc) is 2.51. The van der Waals surface area contributed by atoms with Gasteiger partial charge in [-0.25, -0.2) is 17.8 Å². The van der Waals surface area contributed by atoms with Crippen LogP contribution in [0.2, 0.25) is 0 Å². The first-order valence-corrected chi connectivity index (χ1v) is 9.94. The standard InChI is InChI=1S/C18H23FN2O3S/c1-6-13-10-20-18(12(4)17(13)24-11(2)3)21-16-8-7-14(9-15(16)19)25(5,22)23/h7-11H,6H2,1-5H3,(H,20,21). The van der Waals surface area contributed by atoms with Crippen LogP contribution in [0.3, 0.4) is 0 Å². The number of aryl methyl sites for hydroxylation is 1. The van der Waals surface area contributed by atoms with E-state index in [-0.39, 0.29) is 16.7 Å². The summed E-state index contributed by atoms with van der Waals surface area (Å²) in [6.45, 7) is 7.75. The summed E-state index contributed by atoms with van der Waals surface area (Å²) >= 11 is 0. The van der Waals surface area contributed by atoms with Crippen molar-refractivity contribution in [3.8, 4) is 5.75 Å². The van der Waals surface area contributed by atoms with Crippen molar-refractivity contribution in [2.24, 2.45) is 0 Å². The molecule has 0 spiro atoms. The quantitative estimate of drug-likeness (QED) is 0.836. The number of sulfone groups is 1. The second kappa shape index (κ2) is 7.39. The fraction of sp³-hybridized carbons (Fsp3) is 0.389. The molecular formula is C18H23FN2O3S. The summed E-state index contributed by atoms with van der Waals surface area (Å²) in [4.78, 5) is 4.28. The van der Waals surface area contributed by atoms with E-state index in [1.807, 2.05) is 27.7 Å². The van der Waals surface area contributed by atoms with Crippen LogP contribution in [0.4, 0.5) is 15.9 Å². The number of rotatable bonds is 6. The van der Waals surface area contributed by atoms with Gasteiger partial charge in [0.2, 0.25) is 0 Å². The van der Waals surface area contributed by atoms with Gasteiger partial charge in [0.15, 0.2) is 9.84 Å². The Hall–Kier alpha value is -2.15. The third-order valence-electron chi connectivity index (χ3n) is 3.69. The molecule has 7 heteroatoms. The minimum absolute atomic E-state index is 0.00466. The van der Waals surface area contributed by atoms with Crippen LogP contribution in [0, 0.1) is 12.7 Å². The van der Waals surface area contributed by atoms with Gasteiger partial charge < -0.3 is 10.1 Å². The average molecular weight is 366 g/mol. The molecule has 0 saturated heterocycles. The maximum absolute atomic E-state index is 14.3. The second-order valence-electron chi connectivity index (χ2n) is 6.15. The number of hydrogen-bond acceptors (Lipinski definition) is 5. The number of nitrogens with zero attached hydrogens (tertiary/aromatic N) is 1. The first-order chi connectivity index (χ1) is 11.6. The molecule has 25 heavy (non-hydrogen) atoms. The predicted octanol–water partition coefficient (Wildman–Crippen LogP) is 4.03. The molecular weight excluding hydrogens is 343 g/mol. The van der Waals surface area contributed by atoms with Gasteiger partial charge in [-0.15, -0.1) is 0 Å². The number of benzene rings is 1. The van der Waals surface area contributed by atoms with E-state index in [4.69, 9.17) is 4.74 Å². The summed E-state index contributed by atoms with van der Waals surface area (Å²) in [6, 6.07) is 3.75. The lowest BCUT2D eigenvalue weighted by molar-refractivity contribution is 0.238. The number of ether oxygens (including phenoxy) is 1. The number of hydrogen-bond donors (Lipinski definition) is 1. The first-order valence-electron chi connectivity index (χ1n) is 8.05. The van der Waals surface area contributed by atoms with Crippen molar-refractivity contribution in [2.75, 3.05) is 11.6 Å². The molecule has 0 fully saturated rings. The third kappa shape index (κ3) is 4.48. The number of pyridine rings is 1. The second-order valence-corrected chi connectivity index (χ2v) is 8.16. The van der Waals surface area contributed by atoms with Gasteiger partial charge in [-0.3, -0.25) is 0 Å². The van der Waals surface area contributed by atoms with Crippen LogP contribution in [-0.2, 0) is 16.3 Å². The van der Waals surface area contributed by atoms with E-state index in [1.165, 1.54) is 12.1 Å². The molecule has 0 aliphatic carbocycles. The van der Waals surface area contributed by atoms with Gasteiger partial charge in [0.05, 0.1) is 16.7 Å². The van der Waals surface area contributed by atoms with Crippen LogP contribution < -0.4 is 10.1 Å². The Balaban J connectivity index is 2.41. The van der Waals surface area contributed by atoms with Crippen molar-refractivity contribution in [2.45, 2.75) is 45.1 Å². The smallest absolute Gasteiger partial charge is 0.175 e. The molecule has 5 nitrogen and oxygen atoms in total. The molecule has 0 unspecified atom stereocenters. The zero-order chi connectivity index (χ0) is 18.8. The fourth-order valence-electron chi connectivity index (χ4n) is 2.38. The van der Waals surface area contributed by atoms with Crippen molar-refractivity contribution in [3.05, 3.63) is 41.3 Å². The Labute approximate surface area is 148 Å². The number of anilines is 2. The predicted molar refractivity (Wildman–Crippen MR) is 96.9 cm³/mol. The highest BCUT2D eigenvalue weighted by Gasteiger charge is 2.16. The Morgan fingerprint density at radius 3 is 2.52 bits per heavy atom. The Bertz CT molecular complexity index is 880. The molecule has 1 aromatic carbocycles. The van der Waals surface area contributed by atoms with Crippen LogP contribution in [0.5, 0.6) is 5.75 Å². The lowest BCUT2D eigenvalue weighted by Gasteiger charge is -2.19. The molecule has 0 atom stereocenters. The zero-order valence-corrected chi connectivity index (χ0v) is 15.9. The van der Waals surface area contributed by atoms with E-state index < -0.39 is 15.7 Å². The zero-order valence-electron chi connectivity index (χ0n) is 15.1. The lowest BCUT2D eigenvalue weighted by Crippen LogP contribution is -2.11. The molecule has 0 saturated carbocycles. The summed E-state index contributed by atoms with van der Waals surface area (Å²) in [6.07, 6.45) is 3.52. The fourth-order valence-corrected chi connectivity index (χ4v) is 3.01. The molecule has 0 bridgehead atoms. The summed E-state index contributed by atoms with van der Waals surface area (Å²) in [5.74, 6) is 0.553. The molecule has 0 aliphatic heterocycles. The highest BCUT2D eigenvalue weighted by atomic mass is 32.2. The molecule has 1 heterocycles. The summed E-state index contributed by atoms with van der Waals surface area (Å²) in [5, 5.41) is 2.92. The molecule has 0 aliphatic rings. The molecule has 0 amide bonds. The van der Waals surface area contributed by atoms with Gasteiger partial charge in [-0.05, 0) is 45.4 Å². The van der Waals surface area contributed by atoms with Crippen molar-refractivity contribution in [1.29, 1.82) is 0 Å². The van der Waals surface area contributed by atoms with Gasteiger partial charge in [0.1, 0.15) is 17.4 Å². The van der Waals surface area contributed by atoms with E-state index in [9.17, 15) is 12.8 Å². The van der Waals surface area contributed by atoms with Gasteiger partial charge in [0, 0.05) is 23.6 Å². The molecule has 2 aromatic rings.